The van der Waals surface area contributed by atoms with Gasteiger partial charge in [-0.15, -0.1) is 0 Å². The van der Waals surface area contributed by atoms with Gasteiger partial charge in [0.25, 0.3) is 0 Å². The Balaban J connectivity index is 1.67. The molecule has 1 N–H and O–H groups in total. The molecule has 0 bridgehead atoms. The third-order valence-corrected chi connectivity index (χ3v) is 5.43. The van der Waals surface area contributed by atoms with Gasteiger partial charge in [0.1, 0.15) is 0 Å². The zero-order valence-electron chi connectivity index (χ0n) is 11.4. The van der Waals surface area contributed by atoms with Crippen molar-refractivity contribution in [3.05, 3.63) is 0 Å². The van der Waals surface area contributed by atoms with Gasteiger partial charge in [0, 0.05) is 17.8 Å². The molecule has 2 fully saturated rings. The molecule has 2 nitrogen and oxygen atoms in total. The highest BCUT2D eigenvalue weighted by atomic mass is 32.2. The summed E-state index contributed by atoms with van der Waals surface area (Å²) in [5.41, 5.74) is 0. The maximum atomic E-state index is 12.3. The van der Waals surface area contributed by atoms with Crippen molar-refractivity contribution in [1.82, 2.24) is 10.2 Å². The first-order valence-electron chi connectivity index (χ1n) is 7.08. The number of rotatable bonds is 4. The van der Waals surface area contributed by atoms with E-state index < -0.39 is 12.7 Å². The quantitative estimate of drug-likeness (QED) is 0.859. The average molecular weight is 296 g/mol. The van der Waals surface area contributed by atoms with Crippen LogP contribution in [0.2, 0.25) is 0 Å². The second-order valence-corrected chi connectivity index (χ2v) is 7.22. The van der Waals surface area contributed by atoms with Gasteiger partial charge in [0.2, 0.25) is 0 Å². The van der Waals surface area contributed by atoms with Gasteiger partial charge in [0.05, 0.1) is 6.54 Å². The van der Waals surface area contributed by atoms with Crippen molar-refractivity contribution in [2.45, 2.75) is 43.7 Å². The lowest BCUT2D eigenvalue weighted by atomic mass is 10.1. The van der Waals surface area contributed by atoms with Crippen molar-refractivity contribution in [3.8, 4) is 0 Å². The van der Waals surface area contributed by atoms with Crippen LogP contribution in [0.15, 0.2) is 0 Å². The Morgan fingerprint density at radius 1 is 1.32 bits per heavy atom. The number of alkyl halides is 3. The number of hydrogen-bond donors (Lipinski definition) is 1. The number of nitrogens with one attached hydrogen (secondary N) is 1. The summed E-state index contributed by atoms with van der Waals surface area (Å²) in [5, 5.41) is 4.19. The Bertz CT molecular complexity index is 286. The normalized spacial score (nSPS) is 33.8. The lowest BCUT2D eigenvalue weighted by Gasteiger charge is -2.30. The first-order chi connectivity index (χ1) is 8.94. The first-order valence-corrected chi connectivity index (χ1v) is 8.13. The molecule has 6 heteroatoms. The van der Waals surface area contributed by atoms with E-state index in [0.29, 0.717) is 30.3 Å². The monoisotopic (exact) mass is 296 g/mol. The summed E-state index contributed by atoms with van der Waals surface area (Å²) in [6.45, 7) is 3.52. The summed E-state index contributed by atoms with van der Waals surface area (Å²) in [7, 11) is 0. The molecule has 19 heavy (non-hydrogen) atoms. The Labute approximate surface area is 117 Å². The Morgan fingerprint density at radius 2 is 2.11 bits per heavy atom. The van der Waals surface area contributed by atoms with Gasteiger partial charge in [0.15, 0.2) is 0 Å². The summed E-state index contributed by atoms with van der Waals surface area (Å²) in [6.07, 6.45) is -0.723. The van der Waals surface area contributed by atoms with Crippen LogP contribution in [0.1, 0.15) is 26.2 Å². The third-order valence-electron chi connectivity index (χ3n) is 4.05. The Kier molecular flexibility index (Phi) is 5.43. The highest BCUT2D eigenvalue weighted by Gasteiger charge is 2.34. The molecule has 0 radical (unpaired) electrons. The lowest BCUT2D eigenvalue weighted by molar-refractivity contribution is -0.143. The van der Waals surface area contributed by atoms with Crippen LogP contribution in [0.5, 0.6) is 0 Å². The zero-order chi connectivity index (χ0) is 13.9. The standard InChI is InChI=1S/C13H23F3N2S/c1-10-12(3-2-6-19-10)17-7-11-4-5-18(8-11)9-13(14,15)16/h10-12,17H,2-9H2,1H3. The van der Waals surface area contributed by atoms with E-state index in [2.05, 4.69) is 12.2 Å². The van der Waals surface area contributed by atoms with Gasteiger partial charge in [-0.2, -0.15) is 24.9 Å². The van der Waals surface area contributed by atoms with Crippen molar-refractivity contribution in [2.24, 2.45) is 5.92 Å². The number of hydrogen-bond acceptors (Lipinski definition) is 3. The number of nitrogens with zero attached hydrogens (tertiary/aromatic N) is 1. The molecular formula is C13H23F3N2S. The van der Waals surface area contributed by atoms with Crippen LogP contribution < -0.4 is 5.32 Å². The SMILES string of the molecule is CC1SCCCC1NCC1CCN(CC(F)(F)F)C1. The topological polar surface area (TPSA) is 15.3 Å². The van der Waals surface area contributed by atoms with E-state index in [1.54, 1.807) is 0 Å². The average Bonchev–Trinajstić information content (AvgIpc) is 2.73. The van der Waals surface area contributed by atoms with Gasteiger partial charge in [-0.25, -0.2) is 0 Å². The van der Waals surface area contributed by atoms with Gasteiger partial charge in [-0.05, 0) is 44.0 Å². The first kappa shape index (κ1) is 15.4. The minimum Gasteiger partial charge on any atom is -0.313 e. The number of thioether (sulfide) groups is 1. The highest BCUT2D eigenvalue weighted by molar-refractivity contribution is 7.99. The summed E-state index contributed by atoms with van der Waals surface area (Å²) in [5.74, 6) is 1.61. The number of halogens is 3. The van der Waals surface area contributed by atoms with E-state index in [-0.39, 0.29) is 0 Å². The van der Waals surface area contributed by atoms with Crippen LogP contribution in [0.4, 0.5) is 13.2 Å². The molecule has 2 heterocycles. The van der Waals surface area contributed by atoms with Crippen LogP contribution in [0, 0.1) is 5.92 Å². The molecule has 0 saturated carbocycles. The molecule has 0 aliphatic carbocycles. The van der Waals surface area contributed by atoms with Crippen molar-refractivity contribution >= 4 is 11.8 Å². The van der Waals surface area contributed by atoms with Crippen molar-refractivity contribution in [2.75, 3.05) is 31.9 Å². The molecule has 3 atom stereocenters. The fourth-order valence-corrected chi connectivity index (χ4v) is 4.16. The van der Waals surface area contributed by atoms with E-state index in [9.17, 15) is 13.2 Å². The molecule has 2 aliphatic rings. The third kappa shape index (κ3) is 5.16. The van der Waals surface area contributed by atoms with Crippen LogP contribution in [0.3, 0.4) is 0 Å². The van der Waals surface area contributed by atoms with E-state index in [0.717, 1.165) is 13.0 Å². The lowest BCUT2D eigenvalue weighted by Crippen LogP contribution is -2.42. The minimum absolute atomic E-state index is 0.376. The predicted molar refractivity (Wildman–Crippen MR) is 73.5 cm³/mol. The molecule has 112 valence electrons. The molecule has 2 rings (SSSR count). The van der Waals surface area contributed by atoms with E-state index >= 15 is 0 Å². The van der Waals surface area contributed by atoms with E-state index in [1.807, 2.05) is 11.8 Å². The molecule has 3 unspecified atom stereocenters. The molecular weight excluding hydrogens is 273 g/mol. The smallest absolute Gasteiger partial charge is 0.313 e. The molecule has 0 aromatic heterocycles. The van der Waals surface area contributed by atoms with Crippen molar-refractivity contribution in [3.63, 3.8) is 0 Å². The summed E-state index contributed by atoms with van der Waals surface area (Å²) in [4.78, 5) is 1.53. The van der Waals surface area contributed by atoms with Crippen LogP contribution in [0.25, 0.3) is 0 Å². The van der Waals surface area contributed by atoms with E-state index in [4.69, 9.17) is 0 Å². The van der Waals surface area contributed by atoms with Gasteiger partial charge in [-0.3, -0.25) is 4.90 Å². The number of likely N-dealkylation sites (tertiary alicyclic amines) is 1. The molecule has 0 spiro atoms. The zero-order valence-corrected chi connectivity index (χ0v) is 12.2. The van der Waals surface area contributed by atoms with Crippen molar-refractivity contribution < 1.29 is 13.2 Å². The summed E-state index contributed by atoms with van der Waals surface area (Å²) >= 11 is 2.00. The second kappa shape index (κ2) is 6.68. The van der Waals surface area contributed by atoms with Crippen LogP contribution in [-0.2, 0) is 0 Å². The molecule has 0 aromatic rings. The fraction of sp³-hybridized carbons (Fsp3) is 1.00. The molecule has 0 aromatic carbocycles. The van der Waals surface area contributed by atoms with Gasteiger partial charge < -0.3 is 5.32 Å². The van der Waals surface area contributed by atoms with Crippen LogP contribution >= 0.6 is 11.8 Å². The Morgan fingerprint density at radius 3 is 2.79 bits per heavy atom. The maximum absolute atomic E-state index is 12.3. The molecule has 0 amide bonds. The molecule has 2 saturated heterocycles. The Hall–Kier alpha value is 0.0600. The minimum atomic E-state index is -4.06. The van der Waals surface area contributed by atoms with Gasteiger partial charge >= 0.3 is 6.18 Å². The largest absolute Gasteiger partial charge is 0.401 e. The predicted octanol–water partition coefficient (Wildman–Crippen LogP) is 2.74. The van der Waals surface area contributed by atoms with E-state index in [1.165, 1.54) is 23.5 Å². The van der Waals surface area contributed by atoms with Crippen molar-refractivity contribution in [1.29, 1.82) is 0 Å². The summed E-state index contributed by atoms with van der Waals surface area (Å²) in [6, 6.07) is 0.537. The molecule has 2 aliphatic heterocycles. The maximum Gasteiger partial charge on any atom is 0.401 e. The van der Waals surface area contributed by atoms with Crippen LogP contribution in [-0.4, -0.2) is 54.3 Å². The van der Waals surface area contributed by atoms with Gasteiger partial charge in [-0.1, -0.05) is 6.92 Å². The summed E-state index contributed by atoms with van der Waals surface area (Å²) < 4.78 is 36.9. The highest BCUT2D eigenvalue weighted by Crippen LogP contribution is 2.26. The second-order valence-electron chi connectivity index (χ2n) is 5.74. The fourth-order valence-electron chi connectivity index (χ4n) is 2.99.